The Hall–Kier alpha value is -1.18. The van der Waals surface area contributed by atoms with E-state index in [1.807, 2.05) is 0 Å². The molecular weight excluding hydrogens is 244 g/mol. The third-order valence-electron chi connectivity index (χ3n) is 2.52. The maximum atomic E-state index is 12.1. The van der Waals surface area contributed by atoms with Gasteiger partial charge in [0.1, 0.15) is 4.88 Å². The van der Waals surface area contributed by atoms with Gasteiger partial charge in [0.25, 0.3) is 5.91 Å². The van der Waals surface area contributed by atoms with Gasteiger partial charge in [-0.2, -0.15) is 0 Å². The topological polar surface area (TPSA) is 82.8 Å². The maximum Gasteiger partial charge on any atom is 0.307 e. The van der Waals surface area contributed by atoms with Crippen LogP contribution in [0.25, 0.3) is 0 Å². The molecule has 0 aliphatic carbocycles. The SMILES string of the molecule is Cc1c(C(=O)N(CCO)CCO)sc(=O)n1C. The molecule has 0 radical (unpaired) electrons. The molecule has 0 atom stereocenters. The first-order valence-electron chi connectivity index (χ1n) is 5.20. The lowest BCUT2D eigenvalue weighted by Crippen LogP contribution is -2.35. The molecule has 7 heteroatoms. The smallest absolute Gasteiger partial charge is 0.307 e. The molecule has 0 aliphatic rings. The van der Waals surface area contributed by atoms with Crippen LogP contribution in [-0.4, -0.2) is 51.9 Å². The second-order valence-electron chi connectivity index (χ2n) is 3.58. The highest BCUT2D eigenvalue weighted by Gasteiger charge is 2.21. The van der Waals surface area contributed by atoms with E-state index in [2.05, 4.69) is 0 Å². The van der Waals surface area contributed by atoms with Crippen molar-refractivity contribution in [3.05, 3.63) is 20.2 Å². The zero-order valence-corrected chi connectivity index (χ0v) is 10.7. The van der Waals surface area contributed by atoms with E-state index in [0.29, 0.717) is 10.6 Å². The summed E-state index contributed by atoms with van der Waals surface area (Å²) in [6, 6.07) is 0. The highest BCUT2D eigenvalue weighted by Crippen LogP contribution is 2.13. The third kappa shape index (κ3) is 2.93. The van der Waals surface area contributed by atoms with Crippen LogP contribution in [0.1, 0.15) is 15.4 Å². The van der Waals surface area contributed by atoms with Gasteiger partial charge in [-0.15, -0.1) is 0 Å². The second-order valence-corrected chi connectivity index (χ2v) is 4.54. The van der Waals surface area contributed by atoms with Crippen molar-refractivity contribution in [3.63, 3.8) is 0 Å². The molecule has 0 spiro atoms. The first kappa shape index (κ1) is 13.9. The van der Waals surface area contributed by atoms with E-state index in [0.717, 1.165) is 11.3 Å². The molecule has 96 valence electrons. The molecule has 1 heterocycles. The molecule has 17 heavy (non-hydrogen) atoms. The zero-order chi connectivity index (χ0) is 13.0. The number of aromatic nitrogens is 1. The van der Waals surface area contributed by atoms with E-state index in [1.165, 1.54) is 9.47 Å². The minimum atomic E-state index is -0.326. The summed E-state index contributed by atoms with van der Waals surface area (Å²) in [7, 11) is 1.60. The lowest BCUT2D eigenvalue weighted by molar-refractivity contribution is 0.0688. The first-order chi connectivity index (χ1) is 8.02. The van der Waals surface area contributed by atoms with Gasteiger partial charge < -0.3 is 19.7 Å². The normalized spacial score (nSPS) is 10.6. The summed E-state index contributed by atoms with van der Waals surface area (Å²) >= 11 is 0.882. The first-order valence-corrected chi connectivity index (χ1v) is 6.02. The molecule has 0 aromatic carbocycles. The Morgan fingerprint density at radius 2 is 1.88 bits per heavy atom. The van der Waals surface area contributed by atoms with Gasteiger partial charge in [0, 0.05) is 25.8 Å². The molecule has 1 amide bonds. The Morgan fingerprint density at radius 1 is 1.35 bits per heavy atom. The fraction of sp³-hybridized carbons (Fsp3) is 0.600. The van der Waals surface area contributed by atoms with E-state index in [4.69, 9.17) is 10.2 Å². The fourth-order valence-corrected chi connectivity index (χ4v) is 2.37. The molecule has 0 fully saturated rings. The summed E-state index contributed by atoms with van der Waals surface area (Å²) in [4.78, 5) is 25.0. The van der Waals surface area contributed by atoms with E-state index < -0.39 is 0 Å². The van der Waals surface area contributed by atoms with Crippen LogP contribution < -0.4 is 4.87 Å². The highest BCUT2D eigenvalue weighted by atomic mass is 32.1. The number of rotatable bonds is 5. The van der Waals surface area contributed by atoms with Gasteiger partial charge >= 0.3 is 4.87 Å². The van der Waals surface area contributed by atoms with Crippen molar-refractivity contribution in [1.82, 2.24) is 9.47 Å². The van der Waals surface area contributed by atoms with Crippen molar-refractivity contribution >= 4 is 17.2 Å². The molecule has 1 rings (SSSR count). The number of carbonyl (C=O) groups excluding carboxylic acids is 1. The molecule has 0 saturated carbocycles. The Bertz CT molecular complexity index is 446. The molecule has 2 N–H and O–H groups in total. The zero-order valence-electron chi connectivity index (χ0n) is 9.84. The van der Waals surface area contributed by atoms with Gasteiger partial charge in [0.15, 0.2) is 0 Å². The summed E-state index contributed by atoms with van der Waals surface area (Å²) in [5.74, 6) is -0.326. The van der Waals surface area contributed by atoms with Gasteiger partial charge in [-0.1, -0.05) is 11.3 Å². The second kappa shape index (κ2) is 5.95. The highest BCUT2D eigenvalue weighted by molar-refractivity contribution is 7.11. The number of aliphatic hydroxyl groups is 2. The van der Waals surface area contributed by atoms with E-state index in [1.54, 1.807) is 14.0 Å². The van der Waals surface area contributed by atoms with Crippen LogP contribution in [0.3, 0.4) is 0 Å². The summed E-state index contributed by atoms with van der Waals surface area (Å²) in [6.45, 7) is 1.64. The summed E-state index contributed by atoms with van der Waals surface area (Å²) in [6.07, 6.45) is 0. The Kier molecular flexibility index (Phi) is 4.86. The Morgan fingerprint density at radius 3 is 2.24 bits per heavy atom. The predicted octanol–water partition coefficient (Wildman–Crippen LogP) is -0.818. The molecular formula is C10H16N2O4S. The summed E-state index contributed by atoms with van der Waals surface area (Å²) in [5, 5.41) is 17.7. The maximum absolute atomic E-state index is 12.1. The van der Waals surface area contributed by atoms with Crippen LogP contribution in [0.2, 0.25) is 0 Å². The third-order valence-corrected chi connectivity index (χ3v) is 3.64. The average Bonchev–Trinajstić information content (AvgIpc) is 2.56. The van der Waals surface area contributed by atoms with E-state index >= 15 is 0 Å². The molecule has 6 nitrogen and oxygen atoms in total. The average molecular weight is 260 g/mol. The van der Waals surface area contributed by atoms with Crippen LogP contribution in [0, 0.1) is 6.92 Å². The van der Waals surface area contributed by atoms with E-state index in [-0.39, 0.29) is 37.1 Å². The lowest BCUT2D eigenvalue weighted by Gasteiger charge is -2.19. The van der Waals surface area contributed by atoms with Crippen LogP contribution in [-0.2, 0) is 7.05 Å². The van der Waals surface area contributed by atoms with E-state index in [9.17, 15) is 9.59 Å². The van der Waals surface area contributed by atoms with Crippen molar-refractivity contribution in [1.29, 1.82) is 0 Å². The number of amides is 1. The molecule has 0 aliphatic heterocycles. The van der Waals surface area contributed by atoms with Gasteiger partial charge in [-0.05, 0) is 6.92 Å². The van der Waals surface area contributed by atoms with Crippen LogP contribution in [0.4, 0.5) is 0 Å². The molecule has 0 saturated heterocycles. The Balaban J connectivity index is 3.00. The van der Waals surface area contributed by atoms with Crippen LogP contribution in [0.15, 0.2) is 4.79 Å². The number of hydrogen-bond acceptors (Lipinski definition) is 5. The lowest BCUT2D eigenvalue weighted by atomic mass is 10.3. The number of hydrogen-bond donors (Lipinski definition) is 2. The number of nitrogens with zero attached hydrogens (tertiary/aromatic N) is 2. The van der Waals surface area contributed by atoms with Crippen molar-refractivity contribution < 1.29 is 15.0 Å². The van der Waals surface area contributed by atoms with Crippen LogP contribution >= 0.6 is 11.3 Å². The Labute approximate surface area is 103 Å². The molecule has 0 bridgehead atoms. The van der Waals surface area contributed by atoms with Crippen molar-refractivity contribution in [2.45, 2.75) is 6.92 Å². The number of aliphatic hydroxyl groups excluding tert-OH is 2. The molecule has 0 unspecified atom stereocenters. The van der Waals surface area contributed by atoms with Gasteiger partial charge in [-0.3, -0.25) is 9.59 Å². The molecule has 1 aromatic heterocycles. The monoisotopic (exact) mass is 260 g/mol. The standard InChI is InChI=1S/C10H16N2O4S/c1-7-8(17-10(16)11(7)2)9(15)12(3-5-13)4-6-14/h13-14H,3-6H2,1-2H3. The predicted molar refractivity (Wildman–Crippen MR) is 64.4 cm³/mol. The largest absolute Gasteiger partial charge is 0.395 e. The fourth-order valence-electron chi connectivity index (χ4n) is 1.42. The number of carbonyl (C=O) groups is 1. The number of thiazole rings is 1. The van der Waals surface area contributed by atoms with Crippen molar-refractivity contribution in [2.75, 3.05) is 26.3 Å². The minimum Gasteiger partial charge on any atom is -0.395 e. The van der Waals surface area contributed by atoms with Gasteiger partial charge in [-0.25, -0.2) is 0 Å². The van der Waals surface area contributed by atoms with Crippen molar-refractivity contribution in [2.24, 2.45) is 7.05 Å². The van der Waals surface area contributed by atoms with Crippen molar-refractivity contribution in [3.8, 4) is 0 Å². The van der Waals surface area contributed by atoms with Gasteiger partial charge in [0.05, 0.1) is 13.2 Å². The van der Waals surface area contributed by atoms with Crippen LogP contribution in [0.5, 0.6) is 0 Å². The van der Waals surface area contributed by atoms with Gasteiger partial charge in [0.2, 0.25) is 0 Å². The summed E-state index contributed by atoms with van der Waals surface area (Å²) in [5.41, 5.74) is 0.603. The molecule has 1 aromatic rings. The summed E-state index contributed by atoms with van der Waals surface area (Å²) < 4.78 is 1.41. The minimum absolute atomic E-state index is 0.147. The quantitative estimate of drug-likeness (QED) is 0.725.